The Bertz CT molecular complexity index is 799. The highest BCUT2D eigenvalue weighted by atomic mass is 14.7. The summed E-state index contributed by atoms with van der Waals surface area (Å²) in [6.45, 7) is 7.76. The van der Waals surface area contributed by atoms with Gasteiger partial charge >= 0.3 is 0 Å². The molecule has 0 unspecified atom stereocenters. The van der Waals surface area contributed by atoms with Crippen molar-refractivity contribution in [3.63, 3.8) is 0 Å². The smallest absolute Gasteiger partial charge is 0.0780 e. The molecule has 2 aromatic carbocycles. The molecule has 0 saturated heterocycles. The molecule has 0 spiro atoms. The lowest BCUT2D eigenvalue weighted by molar-refractivity contribution is 1.31. The van der Waals surface area contributed by atoms with Gasteiger partial charge in [0.2, 0.25) is 0 Å². The Kier molecular flexibility index (Phi) is 3.97. The number of pyridine rings is 1. The molecule has 0 N–H and O–H groups in total. The summed E-state index contributed by atoms with van der Waals surface area (Å²) < 4.78 is 0. The van der Waals surface area contributed by atoms with E-state index in [1.807, 2.05) is 42.6 Å². The van der Waals surface area contributed by atoms with E-state index in [0.717, 1.165) is 22.4 Å². The second-order valence-electron chi connectivity index (χ2n) is 5.01. The van der Waals surface area contributed by atoms with Gasteiger partial charge in [0.25, 0.3) is 0 Å². The van der Waals surface area contributed by atoms with Crippen molar-refractivity contribution in [3.8, 4) is 22.4 Å². The van der Waals surface area contributed by atoms with E-state index in [0.29, 0.717) is 0 Å². The number of benzene rings is 2. The summed E-state index contributed by atoms with van der Waals surface area (Å²) >= 11 is 0. The Hall–Kier alpha value is -2.93. The first-order valence-electron chi connectivity index (χ1n) is 7.23. The molecule has 3 rings (SSSR count). The molecule has 22 heavy (non-hydrogen) atoms. The zero-order valence-corrected chi connectivity index (χ0v) is 12.4. The molecule has 1 heterocycles. The van der Waals surface area contributed by atoms with Crippen LogP contribution in [0.5, 0.6) is 0 Å². The van der Waals surface area contributed by atoms with Crippen molar-refractivity contribution in [3.05, 3.63) is 91.1 Å². The molecule has 1 nitrogen and oxygen atoms in total. The van der Waals surface area contributed by atoms with Crippen molar-refractivity contribution < 1.29 is 0 Å². The summed E-state index contributed by atoms with van der Waals surface area (Å²) in [5.74, 6) is 0. The van der Waals surface area contributed by atoms with Crippen molar-refractivity contribution in [2.45, 2.75) is 0 Å². The largest absolute Gasteiger partial charge is 0.256 e. The van der Waals surface area contributed by atoms with E-state index >= 15 is 0 Å². The molecule has 106 valence electrons. The highest BCUT2D eigenvalue weighted by Crippen LogP contribution is 2.28. The number of aromatic nitrogens is 1. The van der Waals surface area contributed by atoms with Gasteiger partial charge in [-0.2, -0.15) is 0 Å². The molecule has 3 aromatic rings. The van der Waals surface area contributed by atoms with Crippen molar-refractivity contribution >= 4 is 12.2 Å². The molecule has 0 amide bonds. The predicted molar refractivity (Wildman–Crippen MR) is 95.3 cm³/mol. The fourth-order valence-corrected chi connectivity index (χ4v) is 2.56. The first-order chi connectivity index (χ1) is 10.8. The lowest BCUT2D eigenvalue weighted by Crippen LogP contribution is -1.91. The minimum absolute atomic E-state index is 0.937. The molecule has 0 aliphatic carbocycles. The topological polar surface area (TPSA) is 12.9 Å². The van der Waals surface area contributed by atoms with Crippen LogP contribution < -0.4 is 0 Å². The molecule has 0 aliphatic rings. The van der Waals surface area contributed by atoms with E-state index in [9.17, 15) is 0 Å². The molecule has 0 aliphatic heterocycles. The van der Waals surface area contributed by atoms with Crippen molar-refractivity contribution in [2.24, 2.45) is 0 Å². The summed E-state index contributed by atoms with van der Waals surface area (Å²) in [4.78, 5) is 4.51. The Balaban J connectivity index is 2.04. The number of nitrogens with zero attached hydrogens (tertiary/aromatic N) is 1. The van der Waals surface area contributed by atoms with E-state index in [1.165, 1.54) is 11.1 Å². The van der Waals surface area contributed by atoms with Gasteiger partial charge in [0.05, 0.1) is 5.69 Å². The van der Waals surface area contributed by atoms with Crippen molar-refractivity contribution in [1.29, 1.82) is 0 Å². The van der Waals surface area contributed by atoms with Gasteiger partial charge in [0.1, 0.15) is 0 Å². The van der Waals surface area contributed by atoms with E-state index in [1.54, 1.807) is 0 Å². The molecule has 0 atom stereocenters. The third-order valence-corrected chi connectivity index (χ3v) is 3.71. The Morgan fingerprint density at radius 3 is 1.95 bits per heavy atom. The van der Waals surface area contributed by atoms with E-state index < -0.39 is 0 Å². The van der Waals surface area contributed by atoms with Gasteiger partial charge in [-0.05, 0) is 22.8 Å². The molecule has 1 heteroatoms. The van der Waals surface area contributed by atoms with Gasteiger partial charge < -0.3 is 0 Å². The van der Waals surface area contributed by atoms with Gasteiger partial charge in [-0.15, -0.1) is 0 Å². The maximum Gasteiger partial charge on any atom is 0.0780 e. The minimum Gasteiger partial charge on any atom is -0.256 e. The second kappa shape index (κ2) is 6.23. The second-order valence-corrected chi connectivity index (χ2v) is 5.01. The SMILES string of the molecule is C=Cc1ccnc(-c2ccc(-c3ccccc3)cc2)c1C=C. The molecule has 0 saturated carbocycles. The van der Waals surface area contributed by atoms with Crippen LogP contribution in [-0.4, -0.2) is 4.98 Å². The van der Waals surface area contributed by atoms with Crippen LogP contribution in [0.4, 0.5) is 0 Å². The first kappa shape index (κ1) is 14.0. The van der Waals surface area contributed by atoms with E-state index in [-0.39, 0.29) is 0 Å². The van der Waals surface area contributed by atoms with Crippen LogP contribution >= 0.6 is 0 Å². The van der Waals surface area contributed by atoms with Gasteiger partial charge in [-0.25, -0.2) is 0 Å². The minimum atomic E-state index is 0.937. The van der Waals surface area contributed by atoms with Gasteiger partial charge in [0, 0.05) is 17.3 Å². The van der Waals surface area contributed by atoms with Gasteiger partial charge in [0.15, 0.2) is 0 Å². The Labute approximate surface area is 131 Å². The van der Waals surface area contributed by atoms with Crippen LogP contribution in [0.25, 0.3) is 34.5 Å². The fraction of sp³-hybridized carbons (Fsp3) is 0. The normalized spacial score (nSPS) is 10.2. The molecule has 0 fully saturated rings. The Morgan fingerprint density at radius 2 is 1.32 bits per heavy atom. The summed E-state index contributed by atoms with van der Waals surface area (Å²) in [5, 5.41) is 0. The van der Waals surface area contributed by atoms with Crippen molar-refractivity contribution in [1.82, 2.24) is 4.98 Å². The van der Waals surface area contributed by atoms with Crippen molar-refractivity contribution in [2.75, 3.05) is 0 Å². The van der Waals surface area contributed by atoms with Crippen LogP contribution in [0.3, 0.4) is 0 Å². The lowest BCUT2D eigenvalue weighted by Gasteiger charge is -2.09. The summed E-state index contributed by atoms with van der Waals surface area (Å²) in [7, 11) is 0. The fourth-order valence-electron chi connectivity index (χ4n) is 2.56. The molecular formula is C21H17N. The summed E-state index contributed by atoms with van der Waals surface area (Å²) in [5.41, 5.74) is 6.50. The van der Waals surface area contributed by atoms with Gasteiger partial charge in [-0.1, -0.05) is 79.9 Å². The quantitative estimate of drug-likeness (QED) is 0.598. The zero-order chi connectivity index (χ0) is 15.4. The number of hydrogen-bond donors (Lipinski definition) is 0. The third kappa shape index (κ3) is 2.61. The predicted octanol–water partition coefficient (Wildman–Crippen LogP) is 5.70. The highest BCUT2D eigenvalue weighted by molar-refractivity contribution is 5.78. The molecule has 0 radical (unpaired) electrons. The lowest BCUT2D eigenvalue weighted by atomic mass is 9.98. The monoisotopic (exact) mass is 283 g/mol. The highest BCUT2D eigenvalue weighted by Gasteiger charge is 2.07. The number of rotatable bonds is 4. The first-order valence-corrected chi connectivity index (χ1v) is 7.23. The van der Waals surface area contributed by atoms with E-state index in [2.05, 4.69) is 54.5 Å². The van der Waals surface area contributed by atoms with Crippen LogP contribution in [0, 0.1) is 0 Å². The Morgan fingerprint density at radius 1 is 0.682 bits per heavy atom. The van der Waals surface area contributed by atoms with Crippen LogP contribution in [0.2, 0.25) is 0 Å². The maximum absolute atomic E-state index is 4.51. The standard InChI is InChI=1S/C21H17N/c1-3-16-14-15-22-21(20(16)4-2)19-12-10-18(11-13-19)17-8-6-5-7-9-17/h3-15H,1-2H2. The average molecular weight is 283 g/mol. The van der Waals surface area contributed by atoms with Gasteiger partial charge in [-0.3, -0.25) is 4.98 Å². The van der Waals surface area contributed by atoms with Crippen LogP contribution in [-0.2, 0) is 0 Å². The zero-order valence-electron chi connectivity index (χ0n) is 12.4. The number of hydrogen-bond acceptors (Lipinski definition) is 1. The van der Waals surface area contributed by atoms with Crippen LogP contribution in [0.1, 0.15) is 11.1 Å². The average Bonchev–Trinajstić information content (AvgIpc) is 2.62. The maximum atomic E-state index is 4.51. The summed E-state index contributed by atoms with van der Waals surface area (Å²) in [6, 6.07) is 20.8. The summed E-state index contributed by atoms with van der Waals surface area (Å²) in [6.07, 6.45) is 5.48. The molecule has 1 aromatic heterocycles. The molecule has 0 bridgehead atoms. The molecular weight excluding hydrogens is 266 g/mol. The third-order valence-electron chi connectivity index (χ3n) is 3.71. The van der Waals surface area contributed by atoms with Crippen LogP contribution in [0.15, 0.2) is 80.0 Å². The van der Waals surface area contributed by atoms with E-state index in [4.69, 9.17) is 0 Å².